The van der Waals surface area contributed by atoms with Gasteiger partial charge < -0.3 is 14.5 Å². The Kier molecular flexibility index (Phi) is 5.50. The second kappa shape index (κ2) is 8.41. The summed E-state index contributed by atoms with van der Waals surface area (Å²) in [6.45, 7) is 1.51. The van der Waals surface area contributed by atoms with Gasteiger partial charge in [0.15, 0.2) is 16.7 Å². The number of benzene rings is 2. The summed E-state index contributed by atoms with van der Waals surface area (Å²) < 4.78 is 11.3. The second-order valence-electron chi connectivity index (χ2n) is 6.53. The lowest BCUT2D eigenvalue weighted by molar-refractivity contribution is -0.384. The molecule has 4 rings (SSSR count). The molecule has 0 aliphatic rings. The summed E-state index contributed by atoms with van der Waals surface area (Å²) >= 11 is 6.01. The van der Waals surface area contributed by atoms with Crippen molar-refractivity contribution in [3.63, 3.8) is 0 Å². The number of ether oxygens (including phenoxy) is 1. The SMILES string of the molecule is CC(Oc1cccc([N+](=O)[O-])c1Cl)C(=O)Nc1ccc2oc(-c3ccncc3)nc2c1. The Labute approximate surface area is 180 Å². The van der Waals surface area contributed by atoms with Crippen molar-refractivity contribution in [3.8, 4) is 17.2 Å². The molecule has 4 aromatic rings. The topological polar surface area (TPSA) is 120 Å². The summed E-state index contributed by atoms with van der Waals surface area (Å²) in [6.07, 6.45) is 2.33. The van der Waals surface area contributed by atoms with Crippen molar-refractivity contribution in [2.75, 3.05) is 5.32 Å². The van der Waals surface area contributed by atoms with Crippen molar-refractivity contribution in [3.05, 3.63) is 76.1 Å². The normalized spacial score (nSPS) is 11.8. The summed E-state index contributed by atoms with van der Waals surface area (Å²) in [6, 6.07) is 12.8. The first kappa shape index (κ1) is 20.3. The molecule has 0 saturated carbocycles. The van der Waals surface area contributed by atoms with E-state index in [1.54, 1.807) is 42.7 Å². The van der Waals surface area contributed by atoms with E-state index in [4.69, 9.17) is 20.8 Å². The molecule has 10 heteroatoms. The van der Waals surface area contributed by atoms with Crippen LogP contribution in [0.15, 0.2) is 65.3 Å². The molecule has 1 N–H and O–H groups in total. The highest BCUT2D eigenvalue weighted by atomic mass is 35.5. The van der Waals surface area contributed by atoms with Crippen LogP contribution in [0.3, 0.4) is 0 Å². The molecule has 2 aromatic heterocycles. The van der Waals surface area contributed by atoms with E-state index >= 15 is 0 Å². The molecule has 2 heterocycles. The Bertz CT molecular complexity index is 1280. The number of aromatic nitrogens is 2. The van der Waals surface area contributed by atoms with Gasteiger partial charge >= 0.3 is 0 Å². The fourth-order valence-corrected chi connectivity index (χ4v) is 3.08. The van der Waals surface area contributed by atoms with Gasteiger partial charge in [0.1, 0.15) is 11.3 Å². The summed E-state index contributed by atoms with van der Waals surface area (Å²) in [5.41, 5.74) is 2.12. The standard InChI is InChI=1S/C21H15ClN4O5/c1-12(30-18-4-2-3-16(19(18)22)26(28)29)20(27)24-14-5-6-17-15(11-14)25-21(31-17)13-7-9-23-10-8-13/h2-12H,1H3,(H,24,27). The first-order valence-corrected chi connectivity index (χ1v) is 9.51. The van der Waals surface area contributed by atoms with Gasteiger partial charge in [-0.05, 0) is 43.3 Å². The highest BCUT2D eigenvalue weighted by Gasteiger charge is 2.21. The van der Waals surface area contributed by atoms with E-state index in [1.165, 1.54) is 25.1 Å². The number of halogens is 1. The molecule has 31 heavy (non-hydrogen) atoms. The summed E-state index contributed by atoms with van der Waals surface area (Å²) in [7, 11) is 0. The molecule has 1 unspecified atom stereocenters. The maximum absolute atomic E-state index is 12.5. The number of fused-ring (bicyclic) bond motifs is 1. The second-order valence-corrected chi connectivity index (χ2v) is 6.91. The van der Waals surface area contributed by atoms with Gasteiger partial charge in [0.25, 0.3) is 11.6 Å². The van der Waals surface area contributed by atoms with Gasteiger partial charge in [0.05, 0.1) is 4.92 Å². The molecule has 0 aliphatic heterocycles. The number of nitro groups is 1. The number of anilines is 1. The van der Waals surface area contributed by atoms with Crippen LogP contribution >= 0.6 is 11.6 Å². The van der Waals surface area contributed by atoms with Crippen LogP contribution in [0.1, 0.15) is 6.92 Å². The van der Waals surface area contributed by atoms with Crippen molar-refractivity contribution in [2.24, 2.45) is 0 Å². The summed E-state index contributed by atoms with van der Waals surface area (Å²) in [5, 5.41) is 13.6. The zero-order chi connectivity index (χ0) is 22.0. The van der Waals surface area contributed by atoms with Crippen LogP contribution < -0.4 is 10.1 Å². The van der Waals surface area contributed by atoms with E-state index in [9.17, 15) is 14.9 Å². The van der Waals surface area contributed by atoms with Crippen LogP contribution in [0.25, 0.3) is 22.6 Å². The van der Waals surface area contributed by atoms with Crippen molar-refractivity contribution >= 4 is 40.0 Å². The molecule has 9 nitrogen and oxygen atoms in total. The number of nitrogens with zero attached hydrogens (tertiary/aromatic N) is 3. The van der Waals surface area contributed by atoms with E-state index in [-0.39, 0.29) is 16.5 Å². The summed E-state index contributed by atoms with van der Waals surface area (Å²) in [4.78, 5) is 31.3. The lowest BCUT2D eigenvalue weighted by atomic mass is 10.2. The third-order valence-corrected chi connectivity index (χ3v) is 4.77. The summed E-state index contributed by atoms with van der Waals surface area (Å²) in [5.74, 6) is 0.0325. The smallest absolute Gasteiger partial charge is 0.291 e. The van der Waals surface area contributed by atoms with Crippen molar-refractivity contribution in [2.45, 2.75) is 13.0 Å². The third-order valence-electron chi connectivity index (χ3n) is 4.39. The first-order valence-electron chi connectivity index (χ1n) is 9.14. The molecule has 1 amide bonds. The number of rotatable bonds is 6. The average Bonchev–Trinajstić information content (AvgIpc) is 3.19. The Morgan fingerprint density at radius 1 is 1.23 bits per heavy atom. The van der Waals surface area contributed by atoms with Gasteiger partial charge in [0, 0.05) is 29.7 Å². The number of amides is 1. The van der Waals surface area contributed by atoms with Crippen molar-refractivity contribution in [1.82, 2.24) is 9.97 Å². The van der Waals surface area contributed by atoms with Gasteiger partial charge in [-0.3, -0.25) is 19.9 Å². The predicted octanol–water partition coefficient (Wildman–Crippen LogP) is 4.86. The molecule has 156 valence electrons. The van der Waals surface area contributed by atoms with Gasteiger partial charge in [-0.25, -0.2) is 4.98 Å². The average molecular weight is 439 g/mol. The number of carbonyl (C=O) groups excluding carboxylic acids is 1. The van der Waals surface area contributed by atoms with Crippen LogP contribution in [0.4, 0.5) is 11.4 Å². The Balaban J connectivity index is 1.49. The molecule has 0 spiro atoms. The molecule has 0 radical (unpaired) electrons. The van der Waals surface area contributed by atoms with Gasteiger partial charge in [-0.1, -0.05) is 17.7 Å². The van der Waals surface area contributed by atoms with Crippen LogP contribution in [0, 0.1) is 10.1 Å². The molecule has 0 fully saturated rings. The maximum Gasteiger partial charge on any atom is 0.291 e. The fraction of sp³-hybridized carbons (Fsp3) is 0.0952. The third kappa shape index (κ3) is 4.31. The number of hydrogen-bond acceptors (Lipinski definition) is 7. The lowest BCUT2D eigenvalue weighted by Crippen LogP contribution is -2.30. The monoisotopic (exact) mass is 438 g/mol. The molecule has 0 aliphatic carbocycles. The van der Waals surface area contributed by atoms with Gasteiger partial charge in [0.2, 0.25) is 5.89 Å². The number of oxazole rings is 1. The predicted molar refractivity (Wildman–Crippen MR) is 114 cm³/mol. The number of nitro benzene ring substituents is 1. The number of nitrogens with one attached hydrogen (secondary N) is 1. The minimum Gasteiger partial charge on any atom is -0.479 e. The molecule has 2 aromatic carbocycles. The van der Waals surface area contributed by atoms with E-state index in [1.807, 2.05) is 0 Å². The molecule has 0 bridgehead atoms. The quantitative estimate of drug-likeness (QED) is 0.337. The first-order chi connectivity index (χ1) is 14.9. The zero-order valence-electron chi connectivity index (χ0n) is 16.1. The molecule has 0 saturated heterocycles. The Hall–Kier alpha value is -3.98. The maximum atomic E-state index is 12.5. The number of carbonyl (C=O) groups is 1. The largest absolute Gasteiger partial charge is 0.479 e. The van der Waals surface area contributed by atoms with Crippen LogP contribution in [0.2, 0.25) is 5.02 Å². The van der Waals surface area contributed by atoms with Crippen molar-refractivity contribution in [1.29, 1.82) is 0 Å². The van der Waals surface area contributed by atoms with E-state index < -0.39 is 16.9 Å². The van der Waals surface area contributed by atoms with Crippen molar-refractivity contribution < 1.29 is 18.9 Å². The highest BCUT2D eigenvalue weighted by Crippen LogP contribution is 2.34. The van der Waals surface area contributed by atoms with E-state index in [0.29, 0.717) is 22.7 Å². The Morgan fingerprint density at radius 2 is 2.00 bits per heavy atom. The van der Waals surface area contributed by atoms with Crippen LogP contribution in [-0.2, 0) is 4.79 Å². The van der Waals surface area contributed by atoms with E-state index in [0.717, 1.165) is 5.56 Å². The minimum absolute atomic E-state index is 0.0486. The minimum atomic E-state index is -0.958. The molecular formula is C21H15ClN4O5. The van der Waals surface area contributed by atoms with E-state index in [2.05, 4.69) is 15.3 Å². The van der Waals surface area contributed by atoms with Crippen LogP contribution in [-0.4, -0.2) is 26.9 Å². The Morgan fingerprint density at radius 3 is 2.74 bits per heavy atom. The number of pyridine rings is 1. The van der Waals surface area contributed by atoms with Gasteiger partial charge in [-0.2, -0.15) is 0 Å². The van der Waals surface area contributed by atoms with Gasteiger partial charge in [-0.15, -0.1) is 0 Å². The molecule has 1 atom stereocenters. The lowest BCUT2D eigenvalue weighted by Gasteiger charge is -2.15. The fourth-order valence-electron chi connectivity index (χ4n) is 2.84. The van der Waals surface area contributed by atoms with Crippen LogP contribution in [0.5, 0.6) is 5.75 Å². The highest BCUT2D eigenvalue weighted by molar-refractivity contribution is 6.34. The zero-order valence-corrected chi connectivity index (χ0v) is 16.9. The molecular weight excluding hydrogens is 424 g/mol. The number of hydrogen-bond donors (Lipinski definition) is 1.